The number of hydrogen-bond donors (Lipinski definition) is 0. The van der Waals surface area contributed by atoms with Gasteiger partial charge in [0.25, 0.3) is 0 Å². The lowest BCUT2D eigenvalue weighted by Gasteiger charge is -2.57. The van der Waals surface area contributed by atoms with E-state index in [2.05, 4.69) is 205 Å². The molecule has 5 nitrogen and oxygen atoms in total. The maximum absolute atomic E-state index is 7.30. The molecule has 4 bridgehead atoms. The quantitative estimate of drug-likeness (QED) is 0.156. The second-order valence-corrected chi connectivity index (χ2v) is 21.4. The number of hydrogen-bond acceptors (Lipinski definition) is 4. The van der Waals surface area contributed by atoms with Crippen LogP contribution in [0.25, 0.3) is 127 Å². The van der Waals surface area contributed by atoms with Crippen LogP contribution in [0.2, 0.25) is 0 Å². The fourth-order valence-corrected chi connectivity index (χ4v) is 14.4. The van der Waals surface area contributed by atoms with Gasteiger partial charge in [-0.3, -0.25) is 0 Å². The molecule has 4 fully saturated rings. The number of benzene rings is 10. The van der Waals surface area contributed by atoms with Gasteiger partial charge in [-0.05, 0) is 160 Å². The summed E-state index contributed by atoms with van der Waals surface area (Å²) in [4.78, 5) is 16.4. The highest BCUT2D eigenvalue weighted by Crippen LogP contribution is 2.61. The lowest BCUT2D eigenvalue weighted by Crippen LogP contribution is -2.48. The van der Waals surface area contributed by atoms with E-state index in [0.29, 0.717) is 22.9 Å². The third-order valence-corrected chi connectivity index (χ3v) is 17.1. The van der Waals surface area contributed by atoms with Crippen molar-refractivity contribution in [2.45, 2.75) is 43.9 Å². The van der Waals surface area contributed by atoms with Crippen LogP contribution >= 0.6 is 0 Å². The molecule has 0 radical (unpaired) electrons. The first-order chi connectivity index (χ1) is 35.6. The van der Waals surface area contributed by atoms with Gasteiger partial charge in [-0.25, -0.2) is 15.0 Å². The van der Waals surface area contributed by atoms with Crippen LogP contribution in [0.15, 0.2) is 205 Å². The van der Waals surface area contributed by atoms with Crippen LogP contribution in [0.5, 0.6) is 0 Å². The van der Waals surface area contributed by atoms with E-state index in [1.165, 1.54) is 76.6 Å². The van der Waals surface area contributed by atoms with Gasteiger partial charge < -0.3 is 8.98 Å². The average Bonchev–Trinajstić information content (AvgIpc) is 3.99. The largest absolute Gasteiger partial charge is 0.455 e. The van der Waals surface area contributed by atoms with Gasteiger partial charge in [-0.2, -0.15) is 0 Å². The zero-order valence-electron chi connectivity index (χ0n) is 39.7. The Balaban J connectivity index is 0.948. The number of aromatic nitrogens is 4. The van der Waals surface area contributed by atoms with Gasteiger partial charge in [-0.1, -0.05) is 146 Å². The smallest absolute Gasteiger partial charge is 0.167 e. The standard InChI is InChI=1S/C67H48N4O/c1-2-14-50(15-3-1)71-59-21-11-10-18-53(59)56-34-47(26-29-60(56)71)65-68-64(46-23-22-43-12-4-5-13-45(43)33-46)69-66(70-65)58-36-48(44-24-27-49(28-25-44)67-37-40-30-41(38-67)32-42(31-40)39-67)35-57-61-54-19-8-6-16-51(54)52-17-7-9-20-55(52)63(61)72-62(57)58/h1-29,33-36,40-42H,30-32,37-39H2. The second kappa shape index (κ2) is 15.3. The van der Waals surface area contributed by atoms with Crippen LogP contribution in [-0.2, 0) is 5.41 Å². The Morgan fingerprint density at radius 2 is 0.944 bits per heavy atom. The van der Waals surface area contributed by atoms with E-state index in [0.717, 1.165) is 94.8 Å². The van der Waals surface area contributed by atoms with Gasteiger partial charge >= 0.3 is 0 Å². The van der Waals surface area contributed by atoms with E-state index in [4.69, 9.17) is 19.4 Å². The highest BCUT2D eigenvalue weighted by Gasteiger charge is 2.51. The van der Waals surface area contributed by atoms with Gasteiger partial charge in [-0.15, -0.1) is 0 Å². The molecule has 0 unspecified atom stereocenters. The fraction of sp³-hybridized carbons (Fsp3) is 0.149. The zero-order chi connectivity index (χ0) is 47.1. The Labute approximate surface area is 416 Å². The molecule has 4 aliphatic rings. The molecule has 5 heteroatoms. The number of fused-ring (bicyclic) bond motifs is 12. The Kier molecular flexibility index (Phi) is 8.57. The molecule has 0 saturated heterocycles. The summed E-state index contributed by atoms with van der Waals surface area (Å²) < 4.78 is 9.65. The van der Waals surface area contributed by atoms with Crippen LogP contribution in [0, 0.1) is 17.8 Å². The van der Waals surface area contributed by atoms with Crippen LogP contribution in [0.3, 0.4) is 0 Å². The van der Waals surface area contributed by atoms with Crippen molar-refractivity contribution >= 4 is 76.1 Å². The van der Waals surface area contributed by atoms with E-state index in [1.807, 2.05) is 0 Å². The summed E-state index contributed by atoms with van der Waals surface area (Å²) in [5.74, 6) is 4.46. The van der Waals surface area contributed by atoms with Crippen molar-refractivity contribution in [1.82, 2.24) is 19.5 Å². The fourth-order valence-electron chi connectivity index (χ4n) is 14.4. The molecular weight excluding hydrogens is 877 g/mol. The zero-order valence-corrected chi connectivity index (χ0v) is 39.7. The predicted molar refractivity (Wildman–Crippen MR) is 296 cm³/mol. The summed E-state index contributed by atoms with van der Waals surface area (Å²) >= 11 is 0. The average molecular weight is 925 g/mol. The monoisotopic (exact) mass is 924 g/mol. The van der Waals surface area contributed by atoms with Crippen LogP contribution in [0.4, 0.5) is 0 Å². The minimum Gasteiger partial charge on any atom is -0.455 e. The minimum absolute atomic E-state index is 0.322. The van der Waals surface area contributed by atoms with E-state index >= 15 is 0 Å². The maximum Gasteiger partial charge on any atom is 0.167 e. The summed E-state index contributed by atoms with van der Waals surface area (Å²) in [6, 6.07) is 72.6. The Bertz CT molecular complexity index is 4340. The number of nitrogens with zero attached hydrogens (tertiary/aromatic N) is 4. The van der Waals surface area contributed by atoms with E-state index in [1.54, 1.807) is 0 Å². The second-order valence-electron chi connectivity index (χ2n) is 21.4. The molecule has 0 spiro atoms. The van der Waals surface area contributed by atoms with Gasteiger partial charge in [0.1, 0.15) is 11.2 Å². The molecule has 3 aromatic heterocycles. The van der Waals surface area contributed by atoms with Crippen molar-refractivity contribution in [3.05, 3.63) is 206 Å². The minimum atomic E-state index is 0.322. The lowest BCUT2D eigenvalue weighted by atomic mass is 9.48. The van der Waals surface area contributed by atoms with Gasteiger partial charge in [0, 0.05) is 43.7 Å². The Hall–Kier alpha value is -8.41. The lowest BCUT2D eigenvalue weighted by molar-refractivity contribution is -0.00518. The third-order valence-electron chi connectivity index (χ3n) is 17.1. The van der Waals surface area contributed by atoms with E-state index in [9.17, 15) is 0 Å². The van der Waals surface area contributed by atoms with Crippen molar-refractivity contribution in [3.8, 4) is 51.0 Å². The van der Waals surface area contributed by atoms with Crippen molar-refractivity contribution < 1.29 is 4.42 Å². The molecule has 4 saturated carbocycles. The molecule has 342 valence electrons. The first-order valence-corrected chi connectivity index (χ1v) is 25.8. The first kappa shape index (κ1) is 40.3. The van der Waals surface area contributed by atoms with Gasteiger partial charge in [0.15, 0.2) is 17.5 Å². The highest BCUT2D eigenvalue weighted by atomic mass is 16.3. The first-order valence-electron chi connectivity index (χ1n) is 25.8. The Morgan fingerprint density at radius 1 is 0.389 bits per heavy atom. The van der Waals surface area contributed by atoms with Crippen molar-refractivity contribution in [2.24, 2.45) is 17.8 Å². The molecule has 13 aromatic rings. The SMILES string of the molecule is c1ccc(-n2c3ccccc3c3cc(-c4nc(-c5ccc6ccccc6c5)nc(-c5cc(-c6ccc(C78CC9CC(CC(C9)C7)C8)cc6)cc6c5oc5c7ccccc7c7ccccc7c65)n4)ccc32)cc1. The molecule has 0 amide bonds. The number of rotatable bonds is 6. The molecule has 3 heterocycles. The van der Waals surface area contributed by atoms with E-state index < -0.39 is 0 Å². The van der Waals surface area contributed by atoms with Gasteiger partial charge in [0.05, 0.1) is 16.6 Å². The van der Waals surface area contributed by atoms with Gasteiger partial charge in [0.2, 0.25) is 0 Å². The highest BCUT2D eigenvalue weighted by molar-refractivity contribution is 6.31. The molecule has 72 heavy (non-hydrogen) atoms. The van der Waals surface area contributed by atoms with Crippen molar-refractivity contribution in [3.63, 3.8) is 0 Å². The maximum atomic E-state index is 7.30. The molecule has 0 atom stereocenters. The summed E-state index contributed by atoms with van der Waals surface area (Å²) in [6.07, 6.45) is 8.37. The summed E-state index contributed by atoms with van der Waals surface area (Å²) in [5.41, 5.74) is 11.9. The normalized spacial score (nSPS) is 19.5. The molecule has 17 rings (SSSR count). The summed E-state index contributed by atoms with van der Waals surface area (Å²) in [7, 11) is 0. The van der Waals surface area contributed by atoms with E-state index in [-0.39, 0.29) is 0 Å². The number of furan rings is 1. The number of para-hydroxylation sites is 2. The van der Waals surface area contributed by atoms with Crippen molar-refractivity contribution in [2.75, 3.05) is 0 Å². The molecule has 0 N–H and O–H groups in total. The summed E-state index contributed by atoms with van der Waals surface area (Å²) in [6.45, 7) is 0. The predicted octanol–water partition coefficient (Wildman–Crippen LogP) is 17.5. The van der Waals surface area contributed by atoms with Crippen LogP contribution in [0.1, 0.15) is 44.1 Å². The molecular formula is C67H48N4O. The molecule has 0 aliphatic heterocycles. The summed E-state index contributed by atoms with van der Waals surface area (Å²) in [5, 5.41) is 11.4. The van der Waals surface area contributed by atoms with Crippen LogP contribution < -0.4 is 0 Å². The third kappa shape index (κ3) is 6.10. The molecule has 10 aromatic carbocycles. The Morgan fingerprint density at radius 3 is 1.69 bits per heavy atom. The molecule has 4 aliphatic carbocycles. The van der Waals surface area contributed by atoms with Crippen LogP contribution in [-0.4, -0.2) is 19.5 Å². The topological polar surface area (TPSA) is 56.7 Å². The van der Waals surface area contributed by atoms with Crippen molar-refractivity contribution in [1.29, 1.82) is 0 Å².